The van der Waals surface area contributed by atoms with E-state index in [2.05, 4.69) is 15.9 Å². The minimum atomic E-state index is -4.41. The lowest BCUT2D eigenvalue weighted by molar-refractivity contribution is -0.140. The predicted octanol–water partition coefficient (Wildman–Crippen LogP) is 3.24. The number of furan rings is 1. The van der Waals surface area contributed by atoms with Gasteiger partial charge in [0.2, 0.25) is 0 Å². The summed E-state index contributed by atoms with van der Waals surface area (Å²) in [7, 11) is 0. The highest BCUT2D eigenvalue weighted by Gasteiger charge is 2.33. The summed E-state index contributed by atoms with van der Waals surface area (Å²) >= 11 is 3.04. The first-order valence-corrected chi connectivity index (χ1v) is 6.49. The Bertz CT molecular complexity index is 403. The minimum absolute atomic E-state index is 0.00726. The highest BCUT2D eigenvalue weighted by atomic mass is 79.9. The van der Waals surface area contributed by atoms with Crippen molar-refractivity contribution in [2.45, 2.75) is 19.5 Å². The van der Waals surface area contributed by atoms with Gasteiger partial charge in [-0.05, 0) is 6.07 Å². The van der Waals surface area contributed by atoms with Crippen molar-refractivity contribution in [3.8, 4) is 0 Å². The molecule has 1 amide bonds. The van der Waals surface area contributed by atoms with Crippen LogP contribution in [0.4, 0.5) is 13.2 Å². The lowest BCUT2D eigenvalue weighted by Gasteiger charge is -2.22. The van der Waals surface area contributed by atoms with E-state index in [0.717, 1.165) is 4.90 Å². The van der Waals surface area contributed by atoms with E-state index in [0.29, 0.717) is 12.2 Å². The predicted molar refractivity (Wildman–Crippen MR) is 63.8 cm³/mol. The van der Waals surface area contributed by atoms with Crippen molar-refractivity contribution in [3.05, 3.63) is 23.7 Å². The van der Waals surface area contributed by atoms with Crippen LogP contribution in [0, 0.1) is 0 Å². The highest BCUT2D eigenvalue weighted by Crippen LogP contribution is 2.20. The van der Waals surface area contributed by atoms with Gasteiger partial charge >= 0.3 is 6.18 Å². The SMILES string of the molecule is CCc1occc1C(=O)N(CCBr)CC(F)(F)F. The maximum Gasteiger partial charge on any atom is 0.406 e. The summed E-state index contributed by atoms with van der Waals surface area (Å²) in [6, 6.07) is 1.40. The van der Waals surface area contributed by atoms with Gasteiger partial charge in [0.25, 0.3) is 5.91 Å². The van der Waals surface area contributed by atoms with Gasteiger partial charge in [-0.2, -0.15) is 13.2 Å². The Hall–Kier alpha value is -0.980. The summed E-state index contributed by atoms with van der Waals surface area (Å²) in [6.07, 6.45) is -2.64. The van der Waals surface area contributed by atoms with Crippen LogP contribution in [0.3, 0.4) is 0 Å². The van der Waals surface area contributed by atoms with Crippen molar-refractivity contribution in [3.63, 3.8) is 0 Å². The molecule has 1 heterocycles. The topological polar surface area (TPSA) is 33.5 Å². The molecular formula is C11H13BrF3NO2. The lowest BCUT2D eigenvalue weighted by atomic mass is 10.2. The number of halogens is 4. The van der Waals surface area contributed by atoms with Crippen LogP contribution < -0.4 is 0 Å². The first kappa shape index (κ1) is 15.1. The molecule has 0 radical (unpaired) electrons. The molecule has 0 saturated heterocycles. The first-order valence-electron chi connectivity index (χ1n) is 5.37. The smallest absolute Gasteiger partial charge is 0.406 e. The Morgan fingerprint density at radius 3 is 2.67 bits per heavy atom. The van der Waals surface area contributed by atoms with E-state index in [9.17, 15) is 18.0 Å². The Morgan fingerprint density at radius 1 is 1.50 bits per heavy atom. The number of hydrogen-bond acceptors (Lipinski definition) is 2. The Morgan fingerprint density at radius 2 is 2.17 bits per heavy atom. The molecule has 0 N–H and O–H groups in total. The van der Waals surface area contributed by atoms with Crippen LogP contribution in [0.5, 0.6) is 0 Å². The molecule has 0 aromatic carbocycles. The molecule has 1 aromatic heterocycles. The van der Waals surface area contributed by atoms with Crippen molar-refractivity contribution in [2.24, 2.45) is 0 Å². The van der Waals surface area contributed by atoms with Crippen LogP contribution in [-0.4, -0.2) is 35.4 Å². The molecule has 7 heteroatoms. The van der Waals surface area contributed by atoms with Gasteiger partial charge in [0.15, 0.2) is 0 Å². The van der Waals surface area contributed by atoms with E-state index in [1.54, 1.807) is 6.92 Å². The molecule has 3 nitrogen and oxygen atoms in total. The molecule has 102 valence electrons. The van der Waals surface area contributed by atoms with Gasteiger partial charge in [0.05, 0.1) is 11.8 Å². The van der Waals surface area contributed by atoms with E-state index in [4.69, 9.17) is 4.42 Å². The van der Waals surface area contributed by atoms with Gasteiger partial charge in [0, 0.05) is 18.3 Å². The molecule has 0 saturated carbocycles. The van der Waals surface area contributed by atoms with Gasteiger partial charge < -0.3 is 9.32 Å². The Balaban J connectivity index is 2.89. The molecule has 0 atom stereocenters. The second-order valence-electron chi connectivity index (χ2n) is 3.64. The summed E-state index contributed by atoms with van der Waals surface area (Å²) in [5, 5.41) is 0.286. The minimum Gasteiger partial charge on any atom is -0.469 e. The monoisotopic (exact) mass is 327 g/mol. The average Bonchev–Trinajstić information content (AvgIpc) is 2.73. The fourth-order valence-electron chi connectivity index (χ4n) is 1.55. The molecule has 1 rings (SSSR count). The standard InChI is InChI=1S/C11H13BrF3NO2/c1-2-9-8(3-6-18-9)10(17)16(5-4-12)7-11(13,14)15/h3,6H,2,4-5,7H2,1H3. The summed E-state index contributed by atoms with van der Waals surface area (Å²) < 4.78 is 42.2. The molecule has 0 aliphatic carbocycles. The maximum absolute atomic E-state index is 12.4. The normalized spacial score (nSPS) is 11.6. The zero-order valence-electron chi connectivity index (χ0n) is 9.76. The fourth-order valence-corrected chi connectivity index (χ4v) is 1.97. The molecule has 0 unspecified atom stereocenters. The van der Waals surface area contributed by atoms with Crippen LogP contribution >= 0.6 is 15.9 Å². The number of amides is 1. The van der Waals surface area contributed by atoms with Gasteiger partial charge in [-0.1, -0.05) is 22.9 Å². The number of carbonyl (C=O) groups excluding carboxylic acids is 1. The lowest BCUT2D eigenvalue weighted by Crippen LogP contribution is -2.40. The van der Waals surface area contributed by atoms with Crippen molar-refractivity contribution in [1.82, 2.24) is 4.90 Å². The average molecular weight is 328 g/mol. The number of alkyl halides is 4. The van der Waals surface area contributed by atoms with Crippen LogP contribution in [0.15, 0.2) is 16.7 Å². The number of hydrogen-bond donors (Lipinski definition) is 0. The van der Waals surface area contributed by atoms with Crippen molar-refractivity contribution < 1.29 is 22.4 Å². The van der Waals surface area contributed by atoms with E-state index >= 15 is 0 Å². The second-order valence-corrected chi connectivity index (χ2v) is 4.43. The van der Waals surface area contributed by atoms with Gasteiger partial charge in [0.1, 0.15) is 12.3 Å². The fraction of sp³-hybridized carbons (Fsp3) is 0.545. The van der Waals surface area contributed by atoms with Crippen molar-refractivity contribution in [2.75, 3.05) is 18.4 Å². The summed E-state index contributed by atoms with van der Waals surface area (Å²) in [5.74, 6) is -0.251. The summed E-state index contributed by atoms with van der Waals surface area (Å²) in [5.41, 5.74) is 0.197. The highest BCUT2D eigenvalue weighted by molar-refractivity contribution is 9.09. The van der Waals surface area contributed by atoms with E-state index < -0.39 is 18.6 Å². The third kappa shape index (κ3) is 4.04. The van der Waals surface area contributed by atoms with Crippen LogP contribution in [0.2, 0.25) is 0 Å². The van der Waals surface area contributed by atoms with E-state index in [-0.39, 0.29) is 17.4 Å². The zero-order chi connectivity index (χ0) is 13.8. The molecule has 0 aliphatic rings. The number of rotatable bonds is 5. The van der Waals surface area contributed by atoms with E-state index in [1.807, 2.05) is 0 Å². The molecule has 18 heavy (non-hydrogen) atoms. The second kappa shape index (κ2) is 6.26. The van der Waals surface area contributed by atoms with Crippen LogP contribution in [0.1, 0.15) is 23.0 Å². The van der Waals surface area contributed by atoms with Crippen LogP contribution in [0.25, 0.3) is 0 Å². The molecule has 0 aliphatic heterocycles. The van der Waals surface area contributed by atoms with Crippen molar-refractivity contribution >= 4 is 21.8 Å². The third-order valence-corrected chi connectivity index (χ3v) is 2.66. The van der Waals surface area contributed by atoms with Crippen LogP contribution in [-0.2, 0) is 6.42 Å². The van der Waals surface area contributed by atoms with Gasteiger partial charge in [-0.25, -0.2) is 0 Å². The zero-order valence-corrected chi connectivity index (χ0v) is 11.3. The first-order chi connectivity index (χ1) is 8.39. The molecular weight excluding hydrogens is 315 g/mol. The molecule has 0 spiro atoms. The van der Waals surface area contributed by atoms with Gasteiger partial charge in [-0.15, -0.1) is 0 Å². The summed E-state index contributed by atoms with van der Waals surface area (Å²) in [4.78, 5) is 12.8. The third-order valence-electron chi connectivity index (χ3n) is 2.31. The largest absolute Gasteiger partial charge is 0.469 e. The molecule has 0 fully saturated rings. The quantitative estimate of drug-likeness (QED) is 0.778. The Labute approximate surface area is 111 Å². The Kier molecular flexibility index (Phi) is 5.25. The summed E-state index contributed by atoms with van der Waals surface area (Å²) in [6.45, 7) is 0.507. The van der Waals surface area contributed by atoms with E-state index in [1.165, 1.54) is 12.3 Å². The maximum atomic E-state index is 12.4. The molecule has 0 bridgehead atoms. The van der Waals surface area contributed by atoms with Gasteiger partial charge in [-0.3, -0.25) is 4.79 Å². The number of nitrogens with zero attached hydrogens (tertiary/aromatic N) is 1. The molecule has 1 aromatic rings. The number of aryl methyl sites for hydroxylation is 1. The number of carbonyl (C=O) groups is 1. The van der Waals surface area contributed by atoms with Crippen molar-refractivity contribution in [1.29, 1.82) is 0 Å².